The molecular formula is C51H54N10S2. The number of aryl methyl sites for hydroxylation is 8. The average Bonchev–Trinajstić information content (AvgIpc) is 3.97. The number of anilines is 5. The molecule has 0 aliphatic carbocycles. The van der Waals surface area contributed by atoms with E-state index in [4.69, 9.17) is 30.3 Å². The normalized spacial score (nSPS) is 11.7. The Morgan fingerprint density at radius 1 is 0.683 bits per heavy atom. The fourth-order valence-corrected chi connectivity index (χ4v) is 10.5. The number of nitrogens with zero attached hydrogens (tertiary/aromatic N) is 9. The van der Waals surface area contributed by atoms with Crippen molar-refractivity contribution in [3.05, 3.63) is 127 Å². The summed E-state index contributed by atoms with van der Waals surface area (Å²) in [4.78, 5) is 18.1. The quantitative estimate of drug-likeness (QED) is 0.121. The number of nitriles is 1. The number of benzene rings is 4. The summed E-state index contributed by atoms with van der Waals surface area (Å²) in [7, 11) is 0. The van der Waals surface area contributed by atoms with E-state index >= 15 is 0 Å². The second-order valence-corrected chi connectivity index (χ2v) is 18.5. The Kier molecular flexibility index (Phi) is 12.0. The summed E-state index contributed by atoms with van der Waals surface area (Å²) in [6.07, 6.45) is 3.35. The van der Waals surface area contributed by atoms with E-state index in [2.05, 4.69) is 135 Å². The van der Waals surface area contributed by atoms with Gasteiger partial charge in [-0.1, -0.05) is 74.6 Å². The smallest absolute Gasteiger partial charge is 0.213 e. The maximum atomic E-state index is 10.4. The highest BCUT2D eigenvalue weighted by Crippen LogP contribution is 2.47. The second-order valence-electron chi connectivity index (χ2n) is 16.4. The number of hydrogen-bond donors (Lipinski definition) is 1. The maximum Gasteiger partial charge on any atom is 0.213 e. The molecule has 4 aromatic carbocycles. The van der Waals surface area contributed by atoms with Gasteiger partial charge in [0.15, 0.2) is 16.8 Å². The molecule has 4 heterocycles. The Balaban J connectivity index is 1.40. The van der Waals surface area contributed by atoms with Crippen LogP contribution >= 0.6 is 22.7 Å². The Hall–Kier alpha value is -6.29. The topological polar surface area (TPSA) is 120 Å². The third kappa shape index (κ3) is 7.89. The van der Waals surface area contributed by atoms with Crippen LogP contribution < -0.4 is 10.2 Å². The van der Waals surface area contributed by atoms with Crippen LogP contribution in [0.3, 0.4) is 0 Å². The molecular weight excluding hydrogens is 817 g/mol. The number of fused-ring (bicyclic) bond motifs is 2. The van der Waals surface area contributed by atoms with Crippen molar-refractivity contribution in [1.29, 1.82) is 5.26 Å². The third-order valence-corrected chi connectivity index (χ3v) is 14.3. The zero-order valence-electron chi connectivity index (χ0n) is 38.4. The molecule has 1 N–H and O–H groups in total. The minimum Gasteiger partial charge on any atom is -0.338 e. The van der Waals surface area contributed by atoms with Crippen molar-refractivity contribution in [3.63, 3.8) is 0 Å². The predicted molar refractivity (Wildman–Crippen MR) is 263 cm³/mol. The Bertz CT molecular complexity index is 3160. The SMILES string of the molecule is CCc1cc(C)c(C)c(CC)c1Nc1nc(N(c2nc3cc(C)ccc3s2)c2c(CC)cc(C)c(C)c2CC)cc(C)c1N=Nc1c(C#N)c(C)nn1-c1nc2ccc(C)cc2s1. The fraction of sp³-hybridized carbons (Fsp3) is 0.314. The van der Waals surface area contributed by atoms with Crippen LogP contribution in [0.15, 0.2) is 64.8 Å². The molecule has 0 aliphatic heterocycles. The van der Waals surface area contributed by atoms with Gasteiger partial charge < -0.3 is 5.32 Å². The van der Waals surface area contributed by atoms with Gasteiger partial charge in [-0.15, -0.1) is 10.2 Å². The van der Waals surface area contributed by atoms with Crippen LogP contribution in [0, 0.1) is 66.7 Å². The number of azo groups is 1. The third-order valence-electron chi connectivity index (χ3n) is 12.2. The first kappa shape index (κ1) is 43.4. The van der Waals surface area contributed by atoms with Crippen LogP contribution in [0.25, 0.3) is 25.6 Å². The number of thiazole rings is 2. The lowest BCUT2D eigenvalue weighted by atomic mass is 9.93. The van der Waals surface area contributed by atoms with Gasteiger partial charge in [0, 0.05) is 5.69 Å². The number of nitrogens with one attached hydrogen (secondary N) is 1. The molecule has 0 unspecified atom stereocenters. The molecule has 0 spiro atoms. The van der Waals surface area contributed by atoms with Crippen molar-refractivity contribution >= 4 is 82.8 Å². The van der Waals surface area contributed by atoms with Gasteiger partial charge in [0.25, 0.3) is 0 Å². The number of hydrogen-bond acceptors (Lipinski definition) is 11. The second kappa shape index (κ2) is 17.5. The molecule has 0 amide bonds. The van der Waals surface area contributed by atoms with Gasteiger partial charge in [-0.25, -0.2) is 15.0 Å². The lowest BCUT2D eigenvalue weighted by Crippen LogP contribution is -2.18. The van der Waals surface area contributed by atoms with E-state index in [1.54, 1.807) is 16.0 Å². The van der Waals surface area contributed by atoms with Gasteiger partial charge in [-0.2, -0.15) is 15.0 Å². The van der Waals surface area contributed by atoms with E-state index in [-0.39, 0.29) is 0 Å². The fourth-order valence-electron chi connectivity index (χ4n) is 8.57. The number of pyridine rings is 1. The standard InChI is InChI=1S/C51H54N10S2/c1-13-35-23-29(7)32(10)37(15-3)46(35)56-48-45(57-58-49-39(26-52)34(12)59-61(49)51-53-40-19-17-28(6)22-43(40)63-51)31(9)25-44(55-48)60(50-54-41-21-27(5)18-20-42(41)62-50)47-36(14-2)24-30(8)33(11)38(47)16-4/h17-25H,13-16H2,1-12H3,(H,55,56). The van der Waals surface area contributed by atoms with Crippen molar-refractivity contribution < 1.29 is 0 Å². The van der Waals surface area contributed by atoms with Crippen LogP contribution in [-0.4, -0.2) is 24.7 Å². The van der Waals surface area contributed by atoms with E-state index < -0.39 is 0 Å². The van der Waals surface area contributed by atoms with E-state index in [9.17, 15) is 5.26 Å². The van der Waals surface area contributed by atoms with Crippen LogP contribution in [-0.2, 0) is 25.7 Å². The van der Waals surface area contributed by atoms with E-state index in [0.717, 1.165) is 85.1 Å². The van der Waals surface area contributed by atoms with Gasteiger partial charge >= 0.3 is 0 Å². The lowest BCUT2D eigenvalue weighted by molar-refractivity contribution is 0.848. The zero-order valence-corrected chi connectivity index (χ0v) is 40.0. The highest BCUT2D eigenvalue weighted by atomic mass is 32.1. The van der Waals surface area contributed by atoms with Crippen molar-refractivity contribution in [3.8, 4) is 11.2 Å². The molecule has 63 heavy (non-hydrogen) atoms. The summed E-state index contributed by atoms with van der Waals surface area (Å²) in [6, 6.07) is 21.7. The van der Waals surface area contributed by atoms with Crippen molar-refractivity contribution in [2.75, 3.05) is 10.2 Å². The summed E-state index contributed by atoms with van der Waals surface area (Å²) in [5, 5.41) is 30.4. The molecule has 12 heteroatoms. The van der Waals surface area contributed by atoms with E-state index in [1.165, 1.54) is 55.8 Å². The van der Waals surface area contributed by atoms with Gasteiger partial charge in [-0.3, -0.25) is 4.90 Å². The van der Waals surface area contributed by atoms with Gasteiger partial charge in [0.2, 0.25) is 5.13 Å². The average molecular weight is 871 g/mol. The highest BCUT2D eigenvalue weighted by Gasteiger charge is 2.28. The Morgan fingerprint density at radius 2 is 1.37 bits per heavy atom. The van der Waals surface area contributed by atoms with Gasteiger partial charge in [-0.05, 0) is 173 Å². The molecule has 10 nitrogen and oxygen atoms in total. The monoisotopic (exact) mass is 870 g/mol. The minimum absolute atomic E-state index is 0.316. The molecule has 4 aromatic heterocycles. The summed E-state index contributed by atoms with van der Waals surface area (Å²) in [5.41, 5.74) is 18.6. The summed E-state index contributed by atoms with van der Waals surface area (Å²) >= 11 is 3.18. The first-order valence-corrected chi connectivity index (χ1v) is 23.4. The summed E-state index contributed by atoms with van der Waals surface area (Å²) in [6.45, 7) is 25.7. The Morgan fingerprint density at radius 3 is 2.06 bits per heavy atom. The minimum atomic E-state index is 0.316. The van der Waals surface area contributed by atoms with Crippen molar-refractivity contribution in [2.45, 2.75) is 109 Å². The molecule has 0 atom stereocenters. The first-order chi connectivity index (χ1) is 30.3. The van der Waals surface area contributed by atoms with Gasteiger partial charge in [0.1, 0.15) is 23.1 Å². The zero-order chi connectivity index (χ0) is 44.9. The molecule has 0 saturated carbocycles. The molecule has 8 rings (SSSR count). The summed E-state index contributed by atoms with van der Waals surface area (Å²) < 4.78 is 3.78. The Labute approximate surface area is 378 Å². The highest BCUT2D eigenvalue weighted by molar-refractivity contribution is 7.22. The molecule has 0 bridgehead atoms. The molecule has 0 aliphatic rings. The first-order valence-electron chi connectivity index (χ1n) is 21.8. The molecule has 8 aromatic rings. The lowest BCUT2D eigenvalue weighted by Gasteiger charge is -2.29. The number of aromatic nitrogens is 5. The van der Waals surface area contributed by atoms with Crippen LogP contribution in [0.2, 0.25) is 0 Å². The van der Waals surface area contributed by atoms with E-state index in [1.807, 2.05) is 19.1 Å². The maximum absolute atomic E-state index is 10.4. The van der Waals surface area contributed by atoms with Crippen LogP contribution in [0.1, 0.15) is 100 Å². The van der Waals surface area contributed by atoms with Crippen LogP contribution in [0.4, 0.5) is 39.6 Å². The molecule has 0 fully saturated rings. The van der Waals surface area contributed by atoms with Crippen molar-refractivity contribution in [2.24, 2.45) is 10.2 Å². The van der Waals surface area contributed by atoms with Crippen molar-refractivity contribution in [1.82, 2.24) is 24.7 Å². The molecule has 320 valence electrons. The molecule has 0 radical (unpaired) electrons. The van der Waals surface area contributed by atoms with Crippen LogP contribution in [0.5, 0.6) is 0 Å². The summed E-state index contributed by atoms with van der Waals surface area (Å²) in [5.74, 6) is 1.59. The largest absolute Gasteiger partial charge is 0.338 e. The van der Waals surface area contributed by atoms with E-state index in [0.29, 0.717) is 33.7 Å². The predicted octanol–water partition coefficient (Wildman–Crippen LogP) is 14.7. The molecule has 0 saturated heterocycles. The van der Waals surface area contributed by atoms with Gasteiger partial charge in [0.05, 0.1) is 31.8 Å². The number of rotatable bonds is 12.